The molecule has 1 saturated heterocycles. The number of amides is 2. The summed E-state index contributed by atoms with van der Waals surface area (Å²) in [5.74, 6) is -0.731. The highest BCUT2D eigenvalue weighted by atomic mass is 19.1. The summed E-state index contributed by atoms with van der Waals surface area (Å²) in [5.41, 5.74) is 0.221. The van der Waals surface area contributed by atoms with Gasteiger partial charge in [-0.25, -0.2) is 9.18 Å². The number of imidazole rings is 1. The molecule has 38 heavy (non-hydrogen) atoms. The van der Waals surface area contributed by atoms with E-state index < -0.39 is 28.5 Å². The zero-order valence-electron chi connectivity index (χ0n) is 20.4. The van der Waals surface area contributed by atoms with E-state index in [4.69, 9.17) is 14.2 Å². The molecule has 2 unspecified atom stereocenters. The van der Waals surface area contributed by atoms with Crippen LogP contribution in [0, 0.1) is 15.9 Å². The van der Waals surface area contributed by atoms with E-state index in [1.807, 2.05) is 0 Å². The maximum absolute atomic E-state index is 15.1. The van der Waals surface area contributed by atoms with Gasteiger partial charge in [0.25, 0.3) is 0 Å². The Balaban J connectivity index is 1.24. The molecule has 3 aromatic rings. The number of hydrogen-bond donors (Lipinski definition) is 1. The fourth-order valence-electron chi connectivity index (χ4n) is 4.24. The van der Waals surface area contributed by atoms with Gasteiger partial charge in [0.1, 0.15) is 30.5 Å². The molecule has 5 rings (SSSR count). The molecule has 0 spiro atoms. The molecule has 2 aromatic heterocycles. The first-order valence-corrected chi connectivity index (χ1v) is 11.6. The number of halogens is 1. The third-order valence-corrected chi connectivity index (χ3v) is 6.04. The number of ether oxygens (including phenoxy) is 3. The lowest BCUT2D eigenvalue weighted by Gasteiger charge is -2.22. The first-order valence-electron chi connectivity index (χ1n) is 11.6. The highest BCUT2D eigenvalue weighted by Gasteiger charge is 2.41. The van der Waals surface area contributed by atoms with Crippen molar-refractivity contribution in [1.82, 2.24) is 19.9 Å². The number of hydrogen-bond acceptors (Lipinski definition) is 9. The summed E-state index contributed by atoms with van der Waals surface area (Å²) in [6.45, 7) is 3.89. The van der Waals surface area contributed by atoms with Gasteiger partial charge in [-0.05, 0) is 36.1 Å². The molecule has 0 bridgehead atoms. The number of rotatable bonds is 8. The largest absolute Gasteiger partial charge is 0.488 e. The van der Waals surface area contributed by atoms with E-state index in [1.165, 1.54) is 42.5 Å². The van der Waals surface area contributed by atoms with Crippen molar-refractivity contribution in [3.63, 3.8) is 0 Å². The van der Waals surface area contributed by atoms with Crippen molar-refractivity contribution in [2.75, 3.05) is 24.6 Å². The van der Waals surface area contributed by atoms with E-state index >= 15 is 4.39 Å². The minimum absolute atomic E-state index is 0.0907. The Kier molecular flexibility index (Phi) is 6.30. The van der Waals surface area contributed by atoms with E-state index in [2.05, 4.69) is 15.3 Å². The first-order chi connectivity index (χ1) is 18.1. The number of benzene rings is 1. The normalized spacial score (nSPS) is 20.0. The zero-order valence-corrected chi connectivity index (χ0v) is 20.4. The van der Waals surface area contributed by atoms with Gasteiger partial charge in [0.05, 0.1) is 31.5 Å². The average molecular weight is 526 g/mol. The number of aromatic nitrogens is 3. The SMILES string of the molecule is CC(=O)NCC1CN(c2ccc(-c3cncc(OCC4(C)Cn5cc([N+](=O)[O-])nc5O4)c3)c(F)c2)C(=O)O1. The van der Waals surface area contributed by atoms with E-state index in [9.17, 15) is 19.7 Å². The second-order valence-electron chi connectivity index (χ2n) is 9.23. The van der Waals surface area contributed by atoms with E-state index in [-0.39, 0.29) is 43.0 Å². The molecule has 1 N–H and O–H groups in total. The summed E-state index contributed by atoms with van der Waals surface area (Å²) in [4.78, 5) is 42.9. The second kappa shape index (κ2) is 9.61. The van der Waals surface area contributed by atoms with Crippen LogP contribution < -0.4 is 19.7 Å². The van der Waals surface area contributed by atoms with Gasteiger partial charge in [-0.2, -0.15) is 0 Å². The van der Waals surface area contributed by atoms with E-state index in [0.29, 0.717) is 23.5 Å². The molecule has 198 valence electrons. The standard InChI is InChI=1S/C24H23FN6O7/c1-14(32)27-9-18-10-30(23(33)37-18)16-3-4-19(20(25)6-16)15-5-17(8-26-7-15)36-13-24(2)12-29-11-21(31(34)35)28-22(29)38-24/h3-8,11,18H,9-10,12-13H2,1-2H3,(H,27,32). The maximum Gasteiger partial charge on any atom is 0.415 e. The molecule has 0 saturated carbocycles. The van der Waals surface area contributed by atoms with E-state index in [0.717, 1.165) is 0 Å². The summed E-state index contributed by atoms with van der Waals surface area (Å²) in [5, 5.41) is 13.5. The Bertz CT molecular complexity index is 1400. The predicted molar refractivity (Wildman–Crippen MR) is 129 cm³/mol. The van der Waals surface area contributed by atoms with Crippen LogP contribution in [0.4, 0.5) is 20.7 Å². The van der Waals surface area contributed by atoms with Gasteiger partial charge in [0, 0.05) is 29.2 Å². The molecule has 0 aliphatic carbocycles. The summed E-state index contributed by atoms with van der Waals surface area (Å²) < 4.78 is 33.5. The first kappa shape index (κ1) is 24.9. The Labute approximate surface area is 215 Å². The average Bonchev–Trinajstić information content (AvgIpc) is 3.53. The Morgan fingerprint density at radius 1 is 1.37 bits per heavy atom. The van der Waals surface area contributed by atoms with Crippen LogP contribution in [-0.2, 0) is 16.1 Å². The predicted octanol–water partition coefficient (Wildman–Crippen LogP) is 2.68. The van der Waals surface area contributed by atoms with E-state index in [1.54, 1.807) is 23.6 Å². The number of nitro groups is 1. The summed E-state index contributed by atoms with van der Waals surface area (Å²) in [6.07, 6.45) is 3.12. The lowest BCUT2D eigenvalue weighted by atomic mass is 10.1. The molecule has 1 aromatic carbocycles. The van der Waals surface area contributed by atoms with Crippen molar-refractivity contribution in [2.24, 2.45) is 0 Å². The van der Waals surface area contributed by atoms with Crippen LogP contribution in [0.2, 0.25) is 0 Å². The Hall–Kier alpha value is -4.75. The second-order valence-corrected chi connectivity index (χ2v) is 9.23. The van der Waals surface area contributed by atoms with Crippen molar-refractivity contribution in [3.05, 3.63) is 58.8 Å². The summed E-state index contributed by atoms with van der Waals surface area (Å²) in [6, 6.07) is 6.13. The van der Waals surface area contributed by atoms with Crippen LogP contribution in [0.1, 0.15) is 13.8 Å². The molecule has 2 amide bonds. The molecule has 2 aliphatic rings. The van der Waals surface area contributed by atoms with Crippen LogP contribution in [-0.4, -0.2) is 62.9 Å². The fourth-order valence-corrected chi connectivity index (χ4v) is 4.24. The van der Waals surface area contributed by atoms with Crippen molar-refractivity contribution < 1.29 is 33.1 Å². The smallest absolute Gasteiger partial charge is 0.415 e. The van der Waals surface area contributed by atoms with Crippen molar-refractivity contribution in [1.29, 1.82) is 0 Å². The number of anilines is 1. The number of pyridine rings is 1. The van der Waals surface area contributed by atoms with Gasteiger partial charge >= 0.3 is 17.9 Å². The monoisotopic (exact) mass is 526 g/mol. The molecular formula is C24H23FN6O7. The fraction of sp³-hybridized carbons (Fsp3) is 0.333. The third kappa shape index (κ3) is 5.05. The Morgan fingerprint density at radius 2 is 2.18 bits per heavy atom. The van der Waals surface area contributed by atoms with Crippen LogP contribution in [0.15, 0.2) is 42.9 Å². The number of carbonyl (C=O) groups excluding carboxylic acids is 2. The van der Waals surface area contributed by atoms with Crippen LogP contribution in [0.5, 0.6) is 11.8 Å². The summed E-state index contributed by atoms with van der Waals surface area (Å²) in [7, 11) is 0. The quantitative estimate of drug-likeness (QED) is 0.345. The van der Waals surface area contributed by atoms with Crippen molar-refractivity contribution >= 4 is 23.5 Å². The van der Waals surface area contributed by atoms with Crippen LogP contribution >= 0.6 is 0 Å². The molecule has 13 nitrogen and oxygen atoms in total. The zero-order chi connectivity index (χ0) is 27.0. The lowest BCUT2D eigenvalue weighted by molar-refractivity contribution is -0.389. The minimum Gasteiger partial charge on any atom is -0.488 e. The Morgan fingerprint density at radius 3 is 2.89 bits per heavy atom. The third-order valence-electron chi connectivity index (χ3n) is 6.04. The molecule has 1 fully saturated rings. The maximum atomic E-state index is 15.1. The van der Waals surface area contributed by atoms with Gasteiger partial charge in [-0.15, -0.1) is 0 Å². The summed E-state index contributed by atoms with van der Waals surface area (Å²) >= 11 is 0. The number of cyclic esters (lactones) is 1. The molecule has 2 atom stereocenters. The highest BCUT2D eigenvalue weighted by Crippen LogP contribution is 2.33. The van der Waals surface area contributed by atoms with Gasteiger partial charge in [0.2, 0.25) is 5.91 Å². The van der Waals surface area contributed by atoms with Gasteiger partial charge in [-0.1, -0.05) is 0 Å². The number of nitrogens with one attached hydrogen (secondary N) is 1. The minimum atomic E-state index is -0.817. The number of nitrogens with zero attached hydrogens (tertiary/aromatic N) is 5. The topological polar surface area (TPSA) is 151 Å². The van der Waals surface area contributed by atoms with Gasteiger partial charge < -0.3 is 29.6 Å². The van der Waals surface area contributed by atoms with Crippen LogP contribution in [0.25, 0.3) is 11.1 Å². The lowest BCUT2D eigenvalue weighted by Crippen LogP contribution is -2.38. The van der Waals surface area contributed by atoms with Gasteiger partial charge in [-0.3, -0.25) is 19.2 Å². The number of carbonyl (C=O) groups is 2. The number of fused-ring (bicyclic) bond motifs is 1. The molecule has 4 heterocycles. The van der Waals surface area contributed by atoms with Gasteiger partial charge in [0.15, 0.2) is 5.60 Å². The molecule has 2 aliphatic heterocycles. The molecule has 0 radical (unpaired) electrons. The highest BCUT2D eigenvalue weighted by molar-refractivity contribution is 5.90. The van der Waals surface area contributed by atoms with Crippen molar-refractivity contribution in [2.45, 2.75) is 32.1 Å². The van der Waals surface area contributed by atoms with Crippen molar-refractivity contribution in [3.8, 4) is 22.9 Å². The molecule has 14 heteroatoms. The molecular weight excluding hydrogens is 503 g/mol. The van der Waals surface area contributed by atoms with Crippen LogP contribution in [0.3, 0.4) is 0 Å².